The van der Waals surface area contributed by atoms with Gasteiger partial charge in [-0.25, -0.2) is 0 Å². The summed E-state index contributed by atoms with van der Waals surface area (Å²) >= 11 is 0. The summed E-state index contributed by atoms with van der Waals surface area (Å²) in [5.74, 6) is -0.162. The van der Waals surface area contributed by atoms with Gasteiger partial charge in [0.15, 0.2) is 5.69 Å². The van der Waals surface area contributed by atoms with E-state index in [2.05, 4.69) is 31.5 Å². The van der Waals surface area contributed by atoms with Crippen LogP contribution in [0.1, 0.15) is 35.3 Å². The highest BCUT2D eigenvalue weighted by atomic mass is 16.3. The van der Waals surface area contributed by atoms with Gasteiger partial charge in [-0.2, -0.15) is 5.10 Å². The number of pyridine rings is 1. The maximum atomic E-state index is 12.8. The first-order valence-corrected chi connectivity index (χ1v) is 10.9. The molecule has 0 aliphatic carbocycles. The van der Waals surface area contributed by atoms with Gasteiger partial charge in [0.2, 0.25) is 0 Å². The van der Waals surface area contributed by atoms with Crippen LogP contribution >= 0.6 is 0 Å². The molecule has 2 aromatic heterocycles. The number of aromatic nitrogens is 3. The van der Waals surface area contributed by atoms with Crippen molar-refractivity contribution >= 4 is 22.5 Å². The van der Waals surface area contributed by atoms with E-state index in [0.717, 1.165) is 41.7 Å². The zero-order valence-corrected chi connectivity index (χ0v) is 17.7. The molecule has 0 saturated carbocycles. The molecule has 0 radical (unpaired) electrons. The number of phenols is 1. The number of H-pyrrole nitrogens is 1. The number of carbonyl (C=O) groups is 1. The number of amides is 1. The quantitative estimate of drug-likeness (QED) is 0.406. The number of anilines is 1. The number of aromatic amines is 1. The van der Waals surface area contributed by atoms with Crippen LogP contribution in [0.5, 0.6) is 5.75 Å². The molecule has 32 heavy (non-hydrogen) atoms. The number of nitrogens with zero attached hydrogens (tertiary/aromatic N) is 3. The van der Waals surface area contributed by atoms with Crippen LogP contribution in [-0.4, -0.2) is 44.2 Å². The number of likely N-dealkylation sites (tertiary alicyclic amines) is 1. The summed E-state index contributed by atoms with van der Waals surface area (Å²) in [6.45, 7) is 3.20. The molecule has 0 atom stereocenters. The second-order valence-corrected chi connectivity index (χ2v) is 8.25. The highest BCUT2D eigenvalue weighted by Crippen LogP contribution is 2.27. The lowest BCUT2D eigenvalue weighted by Crippen LogP contribution is -2.29. The zero-order chi connectivity index (χ0) is 21.9. The molecule has 162 valence electrons. The van der Waals surface area contributed by atoms with E-state index in [9.17, 15) is 9.90 Å². The minimum Gasteiger partial charge on any atom is -0.508 e. The Morgan fingerprint density at radius 2 is 1.81 bits per heavy atom. The summed E-state index contributed by atoms with van der Waals surface area (Å²) in [4.78, 5) is 19.8. The lowest BCUT2D eigenvalue weighted by molar-refractivity contribution is 0.102. The van der Waals surface area contributed by atoms with Crippen LogP contribution in [0, 0.1) is 0 Å². The lowest BCUT2D eigenvalue weighted by Gasteiger charge is -2.26. The molecular formula is C25H25N5O2. The van der Waals surface area contributed by atoms with E-state index in [1.54, 1.807) is 12.1 Å². The molecule has 3 N–H and O–H groups in total. The number of phenolic OH excluding ortho intramolecular Hbond substituents is 1. The average molecular weight is 428 g/mol. The first-order valence-electron chi connectivity index (χ1n) is 10.9. The smallest absolute Gasteiger partial charge is 0.276 e. The zero-order valence-electron chi connectivity index (χ0n) is 17.7. The predicted octanol–water partition coefficient (Wildman–Crippen LogP) is 4.57. The fraction of sp³-hybridized carbons (Fsp3) is 0.240. The number of nitrogens with one attached hydrogen (secondary N) is 2. The normalized spacial score (nSPS) is 14.5. The Bertz CT molecular complexity index is 1240. The number of fused-ring (bicyclic) bond motifs is 1. The van der Waals surface area contributed by atoms with Crippen LogP contribution in [0.2, 0.25) is 0 Å². The molecule has 1 aliphatic rings. The molecule has 0 unspecified atom stereocenters. The highest BCUT2D eigenvalue weighted by molar-refractivity contribution is 6.11. The van der Waals surface area contributed by atoms with E-state index in [1.807, 2.05) is 30.6 Å². The third-order valence-electron chi connectivity index (χ3n) is 5.89. The number of benzene rings is 2. The molecule has 5 rings (SSSR count). The molecule has 1 saturated heterocycles. The summed E-state index contributed by atoms with van der Waals surface area (Å²) in [7, 11) is 0. The standard InChI is InChI=1S/C25H25N5O2/c31-21-7-5-20(6-8-21)27-25(32)24-22-13-18(4-9-23(22)28-29-24)19-12-17(14-26-15-19)16-30-10-2-1-3-11-30/h4-9,12-15,31H,1-3,10-11,16H2,(H,27,32)(H,28,29). The molecule has 7 nitrogen and oxygen atoms in total. The summed E-state index contributed by atoms with van der Waals surface area (Å²) in [6.07, 6.45) is 7.64. The molecule has 1 amide bonds. The van der Waals surface area contributed by atoms with E-state index in [-0.39, 0.29) is 11.7 Å². The molecule has 0 bridgehead atoms. The summed E-state index contributed by atoms with van der Waals surface area (Å²) in [5, 5.41) is 20.2. The van der Waals surface area contributed by atoms with Crippen molar-refractivity contribution in [2.45, 2.75) is 25.8 Å². The molecule has 3 heterocycles. The van der Waals surface area contributed by atoms with Crippen LogP contribution in [-0.2, 0) is 6.54 Å². The molecule has 2 aromatic carbocycles. The van der Waals surface area contributed by atoms with Crippen LogP contribution in [0.4, 0.5) is 5.69 Å². The lowest BCUT2D eigenvalue weighted by atomic mass is 10.0. The Kier molecular flexibility index (Phi) is 5.56. The molecule has 0 spiro atoms. The second-order valence-electron chi connectivity index (χ2n) is 8.25. The van der Waals surface area contributed by atoms with Crippen molar-refractivity contribution in [2.24, 2.45) is 0 Å². The van der Waals surface area contributed by atoms with Crippen LogP contribution in [0.3, 0.4) is 0 Å². The van der Waals surface area contributed by atoms with Crippen molar-refractivity contribution in [3.63, 3.8) is 0 Å². The fourth-order valence-electron chi connectivity index (χ4n) is 4.21. The van der Waals surface area contributed by atoms with Crippen molar-refractivity contribution in [3.05, 3.63) is 72.2 Å². The Labute approximate surface area is 186 Å². The van der Waals surface area contributed by atoms with Crippen LogP contribution in [0.25, 0.3) is 22.0 Å². The van der Waals surface area contributed by atoms with Crippen LogP contribution < -0.4 is 5.32 Å². The molecule has 7 heteroatoms. The van der Waals surface area contributed by atoms with Gasteiger partial charge in [-0.15, -0.1) is 0 Å². The van der Waals surface area contributed by atoms with E-state index in [0.29, 0.717) is 11.4 Å². The van der Waals surface area contributed by atoms with Crippen molar-refractivity contribution in [1.29, 1.82) is 0 Å². The van der Waals surface area contributed by atoms with Crippen molar-refractivity contribution in [2.75, 3.05) is 18.4 Å². The van der Waals surface area contributed by atoms with Crippen molar-refractivity contribution in [3.8, 4) is 16.9 Å². The van der Waals surface area contributed by atoms with Gasteiger partial charge in [-0.3, -0.25) is 19.8 Å². The number of aromatic hydroxyl groups is 1. The van der Waals surface area contributed by atoms with Crippen molar-refractivity contribution in [1.82, 2.24) is 20.1 Å². The van der Waals surface area contributed by atoms with Gasteiger partial charge in [0.25, 0.3) is 5.91 Å². The summed E-state index contributed by atoms with van der Waals surface area (Å²) in [6, 6.07) is 14.5. The van der Waals surface area contributed by atoms with Gasteiger partial charge in [0.1, 0.15) is 5.75 Å². The number of hydrogen-bond donors (Lipinski definition) is 3. The van der Waals surface area contributed by atoms with Gasteiger partial charge < -0.3 is 10.4 Å². The van der Waals surface area contributed by atoms with E-state index >= 15 is 0 Å². The molecule has 1 aliphatic heterocycles. The number of rotatable bonds is 5. The predicted molar refractivity (Wildman–Crippen MR) is 125 cm³/mol. The minimum absolute atomic E-state index is 0.147. The van der Waals surface area contributed by atoms with Gasteiger partial charge in [-0.1, -0.05) is 12.5 Å². The third kappa shape index (κ3) is 4.33. The SMILES string of the molecule is O=C(Nc1ccc(O)cc1)c1n[nH]c2ccc(-c3cncc(CN4CCCCC4)c3)cc12. The number of hydrogen-bond acceptors (Lipinski definition) is 5. The first-order chi connectivity index (χ1) is 15.7. The van der Waals surface area contributed by atoms with Gasteiger partial charge in [-0.05, 0) is 79.5 Å². The summed E-state index contributed by atoms with van der Waals surface area (Å²) in [5.41, 5.74) is 4.92. The first kappa shape index (κ1) is 20.2. The number of carbonyl (C=O) groups excluding carboxylic acids is 1. The van der Waals surface area contributed by atoms with Crippen molar-refractivity contribution < 1.29 is 9.90 Å². The summed E-state index contributed by atoms with van der Waals surface area (Å²) < 4.78 is 0. The fourth-order valence-corrected chi connectivity index (χ4v) is 4.21. The third-order valence-corrected chi connectivity index (χ3v) is 5.89. The van der Waals surface area contributed by atoms with Gasteiger partial charge in [0, 0.05) is 35.6 Å². The largest absolute Gasteiger partial charge is 0.508 e. The van der Waals surface area contributed by atoms with E-state index < -0.39 is 0 Å². The Balaban J connectivity index is 1.40. The average Bonchev–Trinajstić information content (AvgIpc) is 3.25. The molecule has 4 aromatic rings. The second kappa shape index (κ2) is 8.80. The van der Waals surface area contributed by atoms with Gasteiger partial charge >= 0.3 is 0 Å². The minimum atomic E-state index is -0.309. The van der Waals surface area contributed by atoms with Gasteiger partial charge in [0.05, 0.1) is 5.52 Å². The monoisotopic (exact) mass is 427 g/mol. The Morgan fingerprint density at radius 1 is 1.00 bits per heavy atom. The van der Waals surface area contributed by atoms with Crippen LogP contribution in [0.15, 0.2) is 60.9 Å². The van der Waals surface area contributed by atoms with E-state index in [1.165, 1.54) is 37.0 Å². The Morgan fingerprint density at radius 3 is 2.62 bits per heavy atom. The highest BCUT2D eigenvalue weighted by Gasteiger charge is 2.16. The van der Waals surface area contributed by atoms with E-state index in [4.69, 9.17) is 0 Å². The maximum Gasteiger partial charge on any atom is 0.276 e. The Hall–Kier alpha value is -3.71. The number of piperidine rings is 1. The molecular weight excluding hydrogens is 402 g/mol. The maximum absolute atomic E-state index is 12.8. The topological polar surface area (TPSA) is 94.1 Å². The molecule has 1 fully saturated rings.